The molecule has 1 rings (SSSR count). The van der Waals surface area contributed by atoms with Crippen molar-refractivity contribution < 1.29 is 19.4 Å². The summed E-state index contributed by atoms with van der Waals surface area (Å²) >= 11 is 0. The minimum absolute atomic E-state index is 0.0548. The zero-order valence-corrected chi connectivity index (χ0v) is 12.8. The summed E-state index contributed by atoms with van der Waals surface area (Å²) in [6.07, 6.45) is 0.312. The van der Waals surface area contributed by atoms with Gasteiger partial charge in [-0.2, -0.15) is 0 Å². The summed E-state index contributed by atoms with van der Waals surface area (Å²) in [5.41, 5.74) is 2.15. The van der Waals surface area contributed by atoms with E-state index in [9.17, 15) is 9.59 Å². The van der Waals surface area contributed by atoms with Crippen molar-refractivity contribution in [1.29, 1.82) is 0 Å². The van der Waals surface area contributed by atoms with Gasteiger partial charge in [-0.1, -0.05) is 19.1 Å². The van der Waals surface area contributed by atoms with Crippen LogP contribution in [0.1, 0.15) is 30.9 Å². The maximum atomic E-state index is 11.6. The highest BCUT2D eigenvalue weighted by Gasteiger charge is 2.09. The molecule has 0 spiro atoms. The smallest absolute Gasteiger partial charge is 0.303 e. The number of carboxylic acid groups (broad SMARTS) is 1. The summed E-state index contributed by atoms with van der Waals surface area (Å²) in [6.45, 7) is 6.42. The van der Waals surface area contributed by atoms with Gasteiger partial charge in [0.25, 0.3) is 0 Å². The minimum atomic E-state index is -0.852. The van der Waals surface area contributed by atoms with Gasteiger partial charge in [0.15, 0.2) is 0 Å². The number of aryl methyl sites for hydroxylation is 2. The van der Waals surface area contributed by atoms with E-state index in [4.69, 9.17) is 9.84 Å². The molecule has 0 saturated carbocycles. The van der Waals surface area contributed by atoms with Crippen LogP contribution in [-0.4, -0.2) is 30.1 Å². The molecule has 0 aliphatic carbocycles. The van der Waals surface area contributed by atoms with Gasteiger partial charge in [-0.3, -0.25) is 9.59 Å². The fourth-order valence-electron chi connectivity index (χ4n) is 1.86. The van der Waals surface area contributed by atoms with Crippen LogP contribution in [0.3, 0.4) is 0 Å². The van der Waals surface area contributed by atoms with E-state index in [1.54, 1.807) is 6.92 Å². The van der Waals surface area contributed by atoms with E-state index >= 15 is 0 Å². The number of amides is 1. The van der Waals surface area contributed by atoms with E-state index in [-0.39, 0.29) is 24.7 Å². The third-order valence-electron chi connectivity index (χ3n) is 3.10. The van der Waals surface area contributed by atoms with E-state index < -0.39 is 5.97 Å². The van der Waals surface area contributed by atoms with E-state index in [0.717, 1.165) is 16.9 Å². The molecule has 0 aliphatic heterocycles. The van der Waals surface area contributed by atoms with Crippen molar-refractivity contribution in [3.05, 3.63) is 29.3 Å². The quantitative estimate of drug-likeness (QED) is 0.771. The number of rotatable bonds is 8. The Hall–Kier alpha value is -2.04. The molecule has 0 aliphatic rings. The second-order valence-corrected chi connectivity index (χ2v) is 5.37. The lowest BCUT2D eigenvalue weighted by molar-refractivity contribution is -0.138. The number of ether oxygens (including phenoxy) is 1. The Labute approximate surface area is 125 Å². The van der Waals surface area contributed by atoms with Crippen LogP contribution in [-0.2, 0) is 9.59 Å². The van der Waals surface area contributed by atoms with Gasteiger partial charge in [-0.15, -0.1) is 0 Å². The number of carbonyl (C=O) groups excluding carboxylic acids is 1. The maximum absolute atomic E-state index is 11.6. The second kappa shape index (κ2) is 8.29. The summed E-state index contributed by atoms with van der Waals surface area (Å²) in [5, 5.41) is 11.4. The fourth-order valence-corrected chi connectivity index (χ4v) is 1.86. The van der Waals surface area contributed by atoms with E-state index in [1.807, 2.05) is 32.0 Å². The van der Waals surface area contributed by atoms with Crippen LogP contribution in [0.5, 0.6) is 5.75 Å². The normalized spacial score (nSPS) is 11.8. The Morgan fingerprint density at radius 2 is 2.05 bits per heavy atom. The maximum Gasteiger partial charge on any atom is 0.303 e. The lowest BCUT2D eigenvalue weighted by Crippen LogP contribution is -2.30. The van der Waals surface area contributed by atoms with E-state index in [0.29, 0.717) is 13.2 Å². The Bertz CT molecular complexity index is 499. The van der Waals surface area contributed by atoms with Crippen molar-refractivity contribution in [1.82, 2.24) is 5.32 Å². The van der Waals surface area contributed by atoms with Gasteiger partial charge in [0.2, 0.25) is 5.91 Å². The first-order valence-corrected chi connectivity index (χ1v) is 7.07. The van der Waals surface area contributed by atoms with Crippen LogP contribution < -0.4 is 10.1 Å². The molecule has 0 saturated heterocycles. The molecule has 0 aromatic heterocycles. The van der Waals surface area contributed by atoms with Crippen LogP contribution in [0.25, 0.3) is 0 Å². The van der Waals surface area contributed by atoms with Gasteiger partial charge < -0.3 is 15.2 Å². The van der Waals surface area contributed by atoms with Crippen LogP contribution in [0, 0.1) is 19.8 Å². The summed E-state index contributed by atoms with van der Waals surface area (Å²) in [5.74, 6) is -0.263. The molecular weight excluding hydrogens is 270 g/mol. The van der Waals surface area contributed by atoms with Crippen molar-refractivity contribution in [3.63, 3.8) is 0 Å². The predicted octanol–water partition coefficient (Wildman–Crippen LogP) is 2.30. The molecular formula is C16H23NO4. The zero-order chi connectivity index (χ0) is 15.8. The fraction of sp³-hybridized carbons (Fsp3) is 0.500. The molecule has 2 N–H and O–H groups in total. The van der Waals surface area contributed by atoms with Crippen molar-refractivity contribution in [2.45, 2.75) is 33.6 Å². The molecule has 1 amide bonds. The van der Waals surface area contributed by atoms with Gasteiger partial charge >= 0.3 is 5.97 Å². The zero-order valence-electron chi connectivity index (χ0n) is 12.8. The van der Waals surface area contributed by atoms with Crippen LogP contribution in [0.2, 0.25) is 0 Å². The monoisotopic (exact) mass is 293 g/mol. The van der Waals surface area contributed by atoms with Crippen molar-refractivity contribution in [2.24, 2.45) is 5.92 Å². The SMILES string of the molecule is Cc1ccc(C)c(OCCC(=O)NCC(C)CC(=O)O)c1. The number of carbonyl (C=O) groups is 2. The first kappa shape index (κ1) is 17.0. The standard InChI is InChI=1S/C16H23NO4/c1-11-4-5-13(3)14(8-11)21-7-6-15(18)17-10-12(2)9-16(19)20/h4-5,8,12H,6-7,9-10H2,1-3H3,(H,17,18)(H,19,20). The highest BCUT2D eigenvalue weighted by Crippen LogP contribution is 2.19. The largest absolute Gasteiger partial charge is 0.493 e. The van der Waals surface area contributed by atoms with Gasteiger partial charge in [-0.05, 0) is 37.0 Å². The number of carboxylic acids is 1. The predicted molar refractivity (Wildman–Crippen MR) is 80.5 cm³/mol. The molecule has 0 fully saturated rings. The number of hydrogen-bond donors (Lipinski definition) is 2. The van der Waals surface area contributed by atoms with Crippen molar-refractivity contribution in [2.75, 3.05) is 13.2 Å². The highest BCUT2D eigenvalue weighted by atomic mass is 16.5. The Kier molecular flexibility index (Phi) is 6.72. The van der Waals surface area contributed by atoms with Crippen molar-refractivity contribution >= 4 is 11.9 Å². The molecule has 0 bridgehead atoms. The third kappa shape index (κ3) is 6.79. The molecule has 1 unspecified atom stereocenters. The van der Waals surface area contributed by atoms with Gasteiger partial charge in [0, 0.05) is 13.0 Å². The van der Waals surface area contributed by atoms with Gasteiger partial charge in [0.05, 0.1) is 13.0 Å². The lowest BCUT2D eigenvalue weighted by atomic mass is 10.1. The third-order valence-corrected chi connectivity index (χ3v) is 3.10. The minimum Gasteiger partial charge on any atom is -0.493 e. The molecule has 116 valence electrons. The Morgan fingerprint density at radius 3 is 2.71 bits per heavy atom. The lowest BCUT2D eigenvalue weighted by Gasteiger charge is -2.12. The topological polar surface area (TPSA) is 75.6 Å². The summed E-state index contributed by atoms with van der Waals surface area (Å²) in [4.78, 5) is 22.1. The summed E-state index contributed by atoms with van der Waals surface area (Å²) in [6, 6.07) is 5.94. The summed E-state index contributed by atoms with van der Waals surface area (Å²) < 4.78 is 5.60. The molecule has 0 radical (unpaired) electrons. The molecule has 5 nitrogen and oxygen atoms in total. The van der Waals surface area contributed by atoms with E-state index in [1.165, 1.54) is 0 Å². The van der Waals surface area contributed by atoms with Gasteiger partial charge in [0.1, 0.15) is 5.75 Å². The number of hydrogen-bond acceptors (Lipinski definition) is 3. The van der Waals surface area contributed by atoms with Crippen molar-refractivity contribution in [3.8, 4) is 5.75 Å². The molecule has 1 atom stereocenters. The average molecular weight is 293 g/mol. The van der Waals surface area contributed by atoms with E-state index in [2.05, 4.69) is 5.32 Å². The van der Waals surface area contributed by atoms with Crippen LogP contribution in [0.15, 0.2) is 18.2 Å². The van der Waals surface area contributed by atoms with Crippen LogP contribution in [0.4, 0.5) is 0 Å². The molecule has 1 aromatic rings. The average Bonchev–Trinajstić information content (AvgIpc) is 2.39. The highest BCUT2D eigenvalue weighted by molar-refractivity contribution is 5.76. The molecule has 21 heavy (non-hydrogen) atoms. The first-order chi connectivity index (χ1) is 9.88. The summed E-state index contributed by atoms with van der Waals surface area (Å²) in [7, 11) is 0. The molecule has 0 heterocycles. The van der Waals surface area contributed by atoms with Crippen LogP contribution >= 0.6 is 0 Å². The number of aliphatic carboxylic acids is 1. The Morgan fingerprint density at radius 1 is 1.33 bits per heavy atom. The molecule has 1 aromatic carbocycles. The Balaban J connectivity index is 2.27. The second-order valence-electron chi connectivity index (χ2n) is 5.37. The number of benzene rings is 1. The number of nitrogens with one attached hydrogen (secondary N) is 1. The molecule has 5 heteroatoms. The van der Waals surface area contributed by atoms with Gasteiger partial charge in [-0.25, -0.2) is 0 Å². The first-order valence-electron chi connectivity index (χ1n) is 7.07.